The fraction of sp³-hybridized carbons (Fsp3) is 0.143. The van der Waals surface area contributed by atoms with E-state index >= 15 is 0 Å². The second-order valence-corrected chi connectivity index (χ2v) is 5.56. The van der Waals surface area contributed by atoms with Gasteiger partial charge < -0.3 is 16.0 Å². The minimum Gasteiger partial charge on any atom is -0.333 e. The van der Waals surface area contributed by atoms with Crippen LogP contribution in [-0.4, -0.2) is 22.8 Å². The molecule has 4 amide bonds. The molecule has 0 aliphatic rings. The Morgan fingerprint density at radius 2 is 1.84 bits per heavy atom. The van der Waals surface area contributed by atoms with Crippen molar-refractivity contribution in [3.63, 3.8) is 0 Å². The summed E-state index contributed by atoms with van der Waals surface area (Å²) in [6.07, 6.45) is 0. The number of amides is 4. The molecule has 25 heavy (non-hydrogen) atoms. The Kier molecular flexibility index (Phi) is 7.79. The van der Waals surface area contributed by atoms with E-state index in [9.17, 15) is 14.4 Å². The molecule has 1 aromatic carbocycles. The highest BCUT2D eigenvalue weighted by Crippen LogP contribution is 2.17. The molecule has 9 nitrogen and oxygen atoms in total. The van der Waals surface area contributed by atoms with E-state index in [1.165, 1.54) is 18.3 Å². The number of hydrogen-bond acceptors (Lipinski definition) is 6. The molecular weight excluding hydrogens is 368 g/mol. The van der Waals surface area contributed by atoms with Crippen molar-refractivity contribution in [1.29, 1.82) is 0 Å². The number of nitrogens with two attached hydrogens (primary N) is 1. The van der Waals surface area contributed by atoms with Crippen molar-refractivity contribution in [1.82, 2.24) is 15.7 Å². The zero-order chi connectivity index (χ0) is 17.5. The molecule has 0 atom stereocenters. The van der Waals surface area contributed by atoms with Crippen LogP contribution >= 0.6 is 23.7 Å². The number of carbonyl (C=O) groups is 3. The van der Waals surface area contributed by atoms with E-state index in [0.717, 1.165) is 5.56 Å². The van der Waals surface area contributed by atoms with Gasteiger partial charge in [-0.1, -0.05) is 12.1 Å². The standard InChI is InChI=1S/C14H16N6O3S.ClH/c1-8(21)17-14-19-11(7-24-14)12(22)18-10-4-2-9(3-5-10)6-16-13(23)20-15;/h2-5,7H,6,15H2,1H3,(H,18,22)(H2,16,20,23)(H,17,19,21);1H. The first-order valence-electron chi connectivity index (χ1n) is 6.86. The second-order valence-electron chi connectivity index (χ2n) is 4.70. The third-order valence-electron chi connectivity index (χ3n) is 2.82. The zero-order valence-corrected chi connectivity index (χ0v) is 14.8. The van der Waals surface area contributed by atoms with Crippen LogP contribution in [0, 0.1) is 0 Å². The van der Waals surface area contributed by atoms with Gasteiger partial charge in [0.05, 0.1) is 0 Å². The van der Waals surface area contributed by atoms with E-state index in [-0.39, 0.29) is 29.9 Å². The summed E-state index contributed by atoms with van der Waals surface area (Å²) >= 11 is 1.17. The second kappa shape index (κ2) is 9.57. The van der Waals surface area contributed by atoms with Gasteiger partial charge in [-0.2, -0.15) is 0 Å². The number of urea groups is 1. The Morgan fingerprint density at radius 1 is 1.16 bits per heavy atom. The number of hydrazine groups is 1. The molecule has 0 bridgehead atoms. The van der Waals surface area contributed by atoms with Crippen LogP contribution in [0.2, 0.25) is 0 Å². The van der Waals surface area contributed by atoms with Crippen LogP contribution in [-0.2, 0) is 11.3 Å². The lowest BCUT2D eigenvalue weighted by Gasteiger charge is -2.06. The summed E-state index contributed by atoms with van der Waals surface area (Å²) in [7, 11) is 0. The predicted octanol–water partition coefficient (Wildman–Crippen LogP) is 1.45. The van der Waals surface area contributed by atoms with Gasteiger partial charge in [0.15, 0.2) is 5.13 Å². The largest absolute Gasteiger partial charge is 0.333 e. The number of hydrogen-bond donors (Lipinski definition) is 5. The van der Waals surface area contributed by atoms with Crippen molar-refractivity contribution in [2.45, 2.75) is 13.5 Å². The Balaban J connectivity index is 0.00000312. The predicted molar refractivity (Wildman–Crippen MR) is 97.6 cm³/mol. The number of carbonyl (C=O) groups excluding carboxylic acids is 3. The van der Waals surface area contributed by atoms with Crippen molar-refractivity contribution in [2.24, 2.45) is 5.84 Å². The number of rotatable bonds is 5. The van der Waals surface area contributed by atoms with Crippen LogP contribution < -0.4 is 27.2 Å². The summed E-state index contributed by atoms with van der Waals surface area (Å²) in [6, 6.07) is 6.45. The molecule has 1 aromatic heterocycles. The first kappa shape index (κ1) is 20.4. The summed E-state index contributed by atoms with van der Waals surface area (Å²) in [5.74, 6) is 4.34. The number of anilines is 2. The molecule has 2 rings (SSSR count). The molecule has 0 fully saturated rings. The Labute approximate surface area is 153 Å². The number of benzene rings is 1. The first-order valence-corrected chi connectivity index (χ1v) is 7.73. The lowest BCUT2D eigenvalue weighted by Crippen LogP contribution is -2.39. The number of nitrogens with zero attached hydrogens (tertiary/aromatic N) is 1. The molecule has 0 spiro atoms. The summed E-state index contributed by atoms with van der Waals surface area (Å²) in [5, 5.41) is 9.70. The number of nitrogens with one attached hydrogen (secondary N) is 4. The van der Waals surface area contributed by atoms with Gasteiger partial charge in [0.25, 0.3) is 5.91 Å². The third-order valence-corrected chi connectivity index (χ3v) is 3.57. The molecule has 0 aliphatic carbocycles. The van der Waals surface area contributed by atoms with E-state index in [4.69, 9.17) is 5.84 Å². The molecule has 0 radical (unpaired) electrons. The summed E-state index contributed by atoms with van der Waals surface area (Å²) < 4.78 is 0. The molecule has 2 aromatic rings. The van der Waals surface area contributed by atoms with Crippen molar-refractivity contribution in [3.05, 3.63) is 40.9 Å². The fourth-order valence-electron chi connectivity index (χ4n) is 1.72. The average molecular weight is 385 g/mol. The first-order chi connectivity index (χ1) is 11.5. The molecule has 0 saturated carbocycles. The van der Waals surface area contributed by atoms with Crippen LogP contribution in [0.3, 0.4) is 0 Å². The van der Waals surface area contributed by atoms with Gasteiger partial charge in [-0.3, -0.25) is 15.0 Å². The zero-order valence-electron chi connectivity index (χ0n) is 13.2. The van der Waals surface area contributed by atoms with Crippen LogP contribution in [0.5, 0.6) is 0 Å². The van der Waals surface area contributed by atoms with E-state index in [1.54, 1.807) is 29.6 Å². The van der Waals surface area contributed by atoms with E-state index in [1.807, 2.05) is 5.43 Å². The fourth-order valence-corrected chi connectivity index (χ4v) is 2.46. The van der Waals surface area contributed by atoms with Crippen molar-refractivity contribution < 1.29 is 14.4 Å². The van der Waals surface area contributed by atoms with Crippen LogP contribution in [0.25, 0.3) is 0 Å². The SMILES string of the molecule is CC(=O)Nc1nc(C(=O)Nc2ccc(CNC(=O)NN)cc2)cs1.Cl. The normalized spacial score (nSPS) is 9.52. The Hall–Kier alpha value is -2.69. The quantitative estimate of drug-likeness (QED) is 0.301. The Morgan fingerprint density at radius 3 is 2.44 bits per heavy atom. The lowest BCUT2D eigenvalue weighted by atomic mass is 10.2. The highest BCUT2D eigenvalue weighted by atomic mass is 35.5. The summed E-state index contributed by atoms with van der Waals surface area (Å²) in [6.45, 7) is 1.68. The van der Waals surface area contributed by atoms with Crippen LogP contribution in [0.1, 0.15) is 23.0 Å². The number of aromatic nitrogens is 1. The molecule has 0 aliphatic heterocycles. The van der Waals surface area contributed by atoms with Gasteiger partial charge in [-0.15, -0.1) is 23.7 Å². The average Bonchev–Trinajstić information content (AvgIpc) is 3.01. The van der Waals surface area contributed by atoms with Gasteiger partial charge in [0.2, 0.25) is 5.91 Å². The van der Waals surface area contributed by atoms with Gasteiger partial charge >= 0.3 is 6.03 Å². The van der Waals surface area contributed by atoms with Gasteiger partial charge in [0.1, 0.15) is 5.69 Å². The summed E-state index contributed by atoms with van der Waals surface area (Å²) in [5.41, 5.74) is 3.61. The maximum absolute atomic E-state index is 12.1. The van der Waals surface area contributed by atoms with Crippen LogP contribution in [0.4, 0.5) is 15.6 Å². The Bertz CT molecular complexity index is 749. The monoisotopic (exact) mass is 384 g/mol. The van der Waals surface area contributed by atoms with E-state index < -0.39 is 6.03 Å². The van der Waals surface area contributed by atoms with E-state index in [2.05, 4.69) is 20.9 Å². The number of thiazole rings is 1. The minimum absolute atomic E-state index is 0. The number of halogens is 1. The molecular formula is C14H17ClN6O3S. The van der Waals surface area contributed by atoms with Gasteiger partial charge in [-0.05, 0) is 17.7 Å². The molecule has 0 saturated heterocycles. The molecule has 134 valence electrons. The van der Waals surface area contributed by atoms with Crippen LogP contribution in [0.15, 0.2) is 29.6 Å². The van der Waals surface area contributed by atoms with Crippen molar-refractivity contribution in [2.75, 3.05) is 10.6 Å². The maximum atomic E-state index is 12.1. The third kappa shape index (κ3) is 6.37. The molecule has 0 unspecified atom stereocenters. The summed E-state index contributed by atoms with van der Waals surface area (Å²) in [4.78, 5) is 38.1. The van der Waals surface area contributed by atoms with E-state index in [0.29, 0.717) is 17.4 Å². The highest BCUT2D eigenvalue weighted by molar-refractivity contribution is 7.14. The highest BCUT2D eigenvalue weighted by Gasteiger charge is 2.11. The smallest absolute Gasteiger partial charge is 0.329 e. The molecule has 11 heteroatoms. The van der Waals surface area contributed by atoms with Gasteiger partial charge in [-0.25, -0.2) is 15.6 Å². The van der Waals surface area contributed by atoms with Crippen molar-refractivity contribution >= 4 is 52.4 Å². The van der Waals surface area contributed by atoms with Crippen molar-refractivity contribution in [3.8, 4) is 0 Å². The van der Waals surface area contributed by atoms with Gasteiger partial charge in [0, 0.05) is 24.5 Å². The molecule has 1 heterocycles. The minimum atomic E-state index is -0.481. The maximum Gasteiger partial charge on any atom is 0.329 e. The molecule has 6 N–H and O–H groups in total. The topological polar surface area (TPSA) is 138 Å². The lowest BCUT2D eigenvalue weighted by molar-refractivity contribution is -0.114.